The zero-order valence-corrected chi connectivity index (χ0v) is 37.9. The van der Waals surface area contributed by atoms with Crippen molar-refractivity contribution in [3.8, 4) is 0 Å². The molecule has 0 aromatic heterocycles. The third kappa shape index (κ3) is 40.1. The average molecular weight is 810 g/mol. The Morgan fingerprint density at radius 1 is 0.534 bits per heavy atom. The predicted octanol–water partition coefficient (Wildman–Crippen LogP) is 14.2. The zero-order valence-electron chi connectivity index (χ0n) is 37.9. The van der Waals surface area contributed by atoms with E-state index in [1.165, 1.54) is 116 Å². The van der Waals surface area contributed by atoms with E-state index in [0.717, 1.165) is 57.8 Å². The van der Waals surface area contributed by atoms with Crippen molar-refractivity contribution in [3.63, 3.8) is 0 Å². The first-order valence-electron chi connectivity index (χ1n) is 24.2. The maximum atomic E-state index is 13.1. The van der Waals surface area contributed by atoms with Crippen molar-refractivity contribution in [3.05, 3.63) is 72.9 Å². The van der Waals surface area contributed by atoms with Gasteiger partial charge in [-0.2, -0.15) is 0 Å². The molecule has 0 radical (unpaired) electrons. The van der Waals surface area contributed by atoms with Crippen LogP contribution >= 0.6 is 0 Å². The fourth-order valence-electron chi connectivity index (χ4n) is 6.97. The maximum absolute atomic E-state index is 13.1. The highest BCUT2D eigenvalue weighted by molar-refractivity contribution is 5.77. The second kappa shape index (κ2) is 45.4. The first-order valence-corrected chi connectivity index (χ1v) is 24.2. The van der Waals surface area contributed by atoms with Gasteiger partial charge in [0.25, 0.3) is 0 Å². The van der Waals surface area contributed by atoms with Crippen molar-refractivity contribution in [1.29, 1.82) is 0 Å². The van der Waals surface area contributed by atoms with E-state index in [-0.39, 0.29) is 24.9 Å². The molecule has 3 N–H and O–H groups in total. The highest BCUT2D eigenvalue weighted by Crippen LogP contribution is 2.16. The van der Waals surface area contributed by atoms with Crippen LogP contribution in [-0.4, -0.2) is 46.9 Å². The summed E-state index contributed by atoms with van der Waals surface area (Å²) in [6, 6.07) is -0.742. The third-order valence-electron chi connectivity index (χ3n) is 10.6. The molecule has 6 heteroatoms. The van der Waals surface area contributed by atoms with Gasteiger partial charge in [-0.05, 0) is 44.9 Å². The molecule has 0 rings (SSSR count). The van der Waals surface area contributed by atoms with Crippen LogP contribution in [0.4, 0.5) is 0 Å². The summed E-state index contributed by atoms with van der Waals surface area (Å²) in [5.74, 6) is -0.620. The number of allylic oxidation sites excluding steroid dienone is 11. The molecule has 0 aromatic rings. The van der Waals surface area contributed by atoms with Crippen LogP contribution in [0.2, 0.25) is 0 Å². The van der Waals surface area contributed by atoms with Gasteiger partial charge < -0.3 is 20.3 Å². The minimum absolute atomic E-state index is 0.0237. The molecule has 3 unspecified atom stereocenters. The minimum Gasteiger partial charge on any atom is -0.461 e. The quantitative estimate of drug-likeness (QED) is 0.0247. The molecule has 0 spiro atoms. The molecule has 0 fully saturated rings. The van der Waals surface area contributed by atoms with Gasteiger partial charge in [-0.1, -0.05) is 229 Å². The number of carbonyl (C=O) groups excluding carboxylic acids is 2. The molecular weight excluding hydrogens is 719 g/mol. The van der Waals surface area contributed by atoms with E-state index in [1.807, 2.05) is 54.7 Å². The topological polar surface area (TPSA) is 95.9 Å². The van der Waals surface area contributed by atoms with Crippen molar-refractivity contribution in [2.24, 2.45) is 0 Å². The summed E-state index contributed by atoms with van der Waals surface area (Å²) in [5, 5.41) is 23.6. The van der Waals surface area contributed by atoms with Crippen LogP contribution < -0.4 is 5.32 Å². The van der Waals surface area contributed by atoms with Crippen LogP contribution in [0.1, 0.15) is 220 Å². The van der Waals surface area contributed by atoms with Gasteiger partial charge in [-0.25, -0.2) is 0 Å². The van der Waals surface area contributed by atoms with Crippen LogP contribution in [0.3, 0.4) is 0 Å². The lowest BCUT2D eigenvalue weighted by Gasteiger charge is -2.24. The van der Waals surface area contributed by atoms with Gasteiger partial charge in [0.1, 0.15) is 6.10 Å². The fourth-order valence-corrected chi connectivity index (χ4v) is 6.97. The molecule has 0 aliphatic carbocycles. The molecule has 1 amide bonds. The average Bonchev–Trinajstić information content (AvgIpc) is 3.22. The zero-order chi connectivity index (χ0) is 42.4. The molecular formula is C52H91NO5. The Morgan fingerprint density at radius 3 is 1.45 bits per heavy atom. The van der Waals surface area contributed by atoms with Crippen LogP contribution in [0.15, 0.2) is 72.9 Å². The number of hydrogen-bond donors (Lipinski definition) is 3. The Morgan fingerprint density at radius 2 is 0.966 bits per heavy atom. The molecule has 0 saturated carbocycles. The predicted molar refractivity (Wildman–Crippen MR) is 250 cm³/mol. The van der Waals surface area contributed by atoms with Crippen LogP contribution in [-0.2, 0) is 14.3 Å². The van der Waals surface area contributed by atoms with Crippen molar-refractivity contribution in [2.45, 2.75) is 238 Å². The number of hydrogen-bond acceptors (Lipinski definition) is 5. The SMILES string of the molecule is CC/C=C/C=C/C=C\C=C/C=C/CC(CC(=O)NC(CO)C(O)CCCCCCCCCCCCCC)OC(=O)CCCCCCC/C=C/CCCCCCCCC. The smallest absolute Gasteiger partial charge is 0.306 e. The standard InChI is InChI=1S/C52H91NO5/c1-4-7-10-13-16-19-22-24-25-26-27-30-33-36-39-42-45-52(57)58-48(43-40-37-34-31-28-21-18-15-12-9-6-3)46-51(56)53-49(47-54)50(55)44-41-38-35-32-29-23-20-17-14-11-8-5-2/h9,12,15,18,21,25-26,28,31,34,37,40,48-50,54-55H,4-8,10-11,13-14,16-17,19-20,22-24,27,29-30,32-33,35-36,38-39,41-47H2,1-3H3,(H,53,56)/b12-9+,18-15+,26-25+,28-21-,34-31-,40-37+. The van der Waals surface area contributed by atoms with E-state index in [2.05, 4.69) is 44.3 Å². The molecule has 334 valence electrons. The van der Waals surface area contributed by atoms with Gasteiger partial charge >= 0.3 is 5.97 Å². The molecule has 0 aromatic carbocycles. The summed E-state index contributed by atoms with van der Waals surface area (Å²) in [4.78, 5) is 26.0. The monoisotopic (exact) mass is 810 g/mol. The summed E-state index contributed by atoms with van der Waals surface area (Å²) < 4.78 is 5.82. The lowest BCUT2D eigenvalue weighted by molar-refractivity contribution is -0.150. The summed E-state index contributed by atoms with van der Waals surface area (Å²) in [7, 11) is 0. The Balaban J connectivity index is 4.68. The van der Waals surface area contributed by atoms with Gasteiger partial charge in [-0.3, -0.25) is 9.59 Å². The number of amides is 1. The van der Waals surface area contributed by atoms with Crippen molar-refractivity contribution in [1.82, 2.24) is 5.32 Å². The van der Waals surface area contributed by atoms with Crippen molar-refractivity contribution >= 4 is 11.9 Å². The number of unbranched alkanes of at least 4 members (excludes halogenated alkanes) is 23. The van der Waals surface area contributed by atoms with Crippen LogP contribution in [0.5, 0.6) is 0 Å². The number of aliphatic hydroxyl groups is 2. The molecule has 0 aliphatic rings. The molecule has 3 atom stereocenters. The molecule has 6 nitrogen and oxygen atoms in total. The summed E-state index contributed by atoms with van der Waals surface area (Å²) in [5.41, 5.74) is 0. The maximum Gasteiger partial charge on any atom is 0.306 e. The second-order valence-electron chi connectivity index (χ2n) is 16.3. The molecule has 58 heavy (non-hydrogen) atoms. The molecule has 0 bridgehead atoms. The van der Waals surface area contributed by atoms with Crippen molar-refractivity contribution < 1.29 is 24.5 Å². The number of carbonyl (C=O) groups is 2. The summed E-state index contributed by atoms with van der Waals surface area (Å²) in [6.45, 7) is 6.28. The van der Waals surface area contributed by atoms with E-state index in [1.54, 1.807) is 0 Å². The van der Waals surface area contributed by atoms with E-state index in [9.17, 15) is 19.8 Å². The molecule has 0 saturated heterocycles. The molecule has 0 heterocycles. The van der Waals surface area contributed by atoms with E-state index in [0.29, 0.717) is 19.3 Å². The lowest BCUT2D eigenvalue weighted by Crippen LogP contribution is -2.46. The number of aliphatic hydroxyl groups excluding tert-OH is 2. The molecule has 0 aliphatic heterocycles. The third-order valence-corrected chi connectivity index (χ3v) is 10.6. The number of nitrogens with one attached hydrogen (secondary N) is 1. The van der Waals surface area contributed by atoms with Gasteiger partial charge in [0.2, 0.25) is 5.91 Å². The Kier molecular flexibility index (Phi) is 43.3. The Labute approximate surface area is 358 Å². The highest BCUT2D eigenvalue weighted by Gasteiger charge is 2.23. The minimum atomic E-state index is -0.820. The number of esters is 1. The van der Waals surface area contributed by atoms with Crippen LogP contribution in [0.25, 0.3) is 0 Å². The summed E-state index contributed by atoms with van der Waals surface area (Å²) >= 11 is 0. The number of ether oxygens (including phenoxy) is 1. The fraction of sp³-hybridized carbons (Fsp3) is 0.731. The Bertz CT molecular complexity index is 1090. The van der Waals surface area contributed by atoms with Crippen molar-refractivity contribution in [2.75, 3.05) is 6.61 Å². The first kappa shape index (κ1) is 55.3. The van der Waals surface area contributed by atoms with Gasteiger partial charge in [0.15, 0.2) is 0 Å². The van der Waals surface area contributed by atoms with E-state index < -0.39 is 18.2 Å². The highest BCUT2D eigenvalue weighted by atomic mass is 16.5. The van der Waals surface area contributed by atoms with Gasteiger partial charge in [0.05, 0.1) is 25.2 Å². The first-order chi connectivity index (χ1) is 28.5. The lowest BCUT2D eigenvalue weighted by atomic mass is 10.0. The van der Waals surface area contributed by atoms with Gasteiger partial charge in [0, 0.05) is 12.8 Å². The second-order valence-corrected chi connectivity index (χ2v) is 16.3. The largest absolute Gasteiger partial charge is 0.461 e. The summed E-state index contributed by atoms with van der Waals surface area (Å²) in [6.07, 6.45) is 57.0. The van der Waals surface area contributed by atoms with E-state index in [4.69, 9.17) is 4.74 Å². The normalized spacial score (nSPS) is 13.9. The van der Waals surface area contributed by atoms with E-state index >= 15 is 0 Å². The Hall–Kier alpha value is -2.70. The van der Waals surface area contributed by atoms with Crippen LogP contribution in [0, 0.1) is 0 Å². The number of rotatable bonds is 42. The van der Waals surface area contributed by atoms with Gasteiger partial charge in [-0.15, -0.1) is 0 Å².